The smallest absolute Gasteiger partial charge is 0.236 e. The first-order chi connectivity index (χ1) is 9.16. The number of carbonyl (C=O) groups excluding carboxylic acids is 1. The standard InChI is InChI=1S/C12H22N6O/c1-16-5-7-18(8-6-16)12(19)9-13-4-3-11-15-14-10-17(11)2/h10,13H,3-9H2,1-2H3. The maximum Gasteiger partial charge on any atom is 0.236 e. The van der Waals surface area contributed by atoms with Crippen LogP contribution in [0.3, 0.4) is 0 Å². The van der Waals surface area contributed by atoms with Crippen molar-refractivity contribution in [2.75, 3.05) is 46.3 Å². The molecule has 1 aliphatic heterocycles. The average Bonchev–Trinajstić information content (AvgIpc) is 2.81. The molecule has 1 aliphatic rings. The second kappa shape index (κ2) is 6.63. The van der Waals surface area contributed by atoms with Gasteiger partial charge in [-0.25, -0.2) is 0 Å². The summed E-state index contributed by atoms with van der Waals surface area (Å²) in [4.78, 5) is 16.1. The number of likely N-dealkylation sites (N-methyl/N-ethyl adjacent to an activating group) is 1. The number of amides is 1. The van der Waals surface area contributed by atoms with Gasteiger partial charge < -0.3 is 19.7 Å². The van der Waals surface area contributed by atoms with E-state index >= 15 is 0 Å². The number of carbonyl (C=O) groups is 1. The highest BCUT2D eigenvalue weighted by atomic mass is 16.2. The van der Waals surface area contributed by atoms with E-state index in [2.05, 4.69) is 27.5 Å². The molecule has 1 aromatic heterocycles. The summed E-state index contributed by atoms with van der Waals surface area (Å²) in [6.07, 6.45) is 2.47. The van der Waals surface area contributed by atoms with Crippen LogP contribution in [0.4, 0.5) is 0 Å². The highest BCUT2D eigenvalue weighted by molar-refractivity contribution is 5.78. The first-order valence-electron chi connectivity index (χ1n) is 6.66. The van der Waals surface area contributed by atoms with E-state index < -0.39 is 0 Å². The molecule has 106 valence electrons. The molecule has 1 saturated heterocycles. The molecule has 0 spiro atoms. The van der Waals surface area contributed by atoms with Gasteiger partial charge in [-0.1, -0.05) is 0 Å². The number of rotatable bonds is 5. The molecule has 1 N–H and O–H groups in total. The van der Waals surface area contributed by atoms with Crippen LogP contribution in [0.15, 0.2) is 6.33 Å². The fourth-order valence-corrected chi connectivity index (χ4v) is 2.10. The van der Waals surface area contributed by atoms with Gasteiger partial charge in [-0.05, 0) is 7.05 Å². The molecule has 0 aliphatic carbocycles. The average molecular weight is 266 g/mol. The van der Waals surface area contributed by atoms with Gasteiger partial charge in [0.15, 0.2) is 0 Å². The maximum atomic E-state index is 11.9. The van der Waals surface area contributed by atoms with Crippen molar-refractivity contribution in [2.24, 2.45) is 7.05 Å². The van der Waals surface area contributed by atoms with E-state index in [1.807, 2.05) is 16.5 Å². The van der Waals surface area contributed by atoms with Crippen LogP contribution >= 0.6 is 0 Å². The van der Waals surface area contributed by atoms with Crippen LogP contribution in [0.5, 0.6) is 0 Å². The van der Waals surface area contributed by atoms with Gasteiger partial charge in [0.1, 0.15) is 12.2 Å². The van der Waals surface area contributed by atoms with Gasteiger partial charge in [-0.2, -0.15) is 0 Å². The topological polar surface area (TPSA) is 66.3 Å². The molecule has 1 amide bonds. The van der Waals surface area contributed by atoms with E-state index in [1.165, 1.54) is 0 Å². The number of hydrogen-bond donors (Lipinski definition) is 1. The van der Waals surface area contributed by atoms with Crippen LogP contribution < -0.4 is 5.32 Å². The normalized spacial score (nSPS) is 16.8. The van der Waals surface area contributed by atoms with E-state index in [0.717, 1.165) is 45.0 Å². The van der Waals surface area contributed by atoms with Crippen LogP contribution in [0.25, 0.3) is 0 Å². The van der Waals surface area contributed by atoms with Crippen LogP contribution in [-0.4, -0.2) is 76.8 Å². The van der Waals surface area contributed by atoms with Crippen LogP contribution in [0, 0.1) is 0 Å². The first kappa shape index (κ1) is 14.0. The minimum Gasteiger partial charge on any atom is -0.339 e. The summed E-state index contributed by atoms with van der Waals surface area (Å²) in [5.41, 5.74) is 0. The number of piperazine rings is 1. The molecule has 19 heavy (non-hydrogen) atoms. The largest absolute Gasteiger partial charge is 0.339 e. The Hall–Kier alpha value is -1.47. The quantitative estimate of drug-likeness (QED) is 0.673. The van der Waals surface area contributed by atoms with Crippen molar-refractivity contribution in [3.63, 3.8) is 0 Å². The predicted octanol–water partition coefficient (Wildman–Crippen LogP) is -1.28. The predicted molar refractivity (Wildman–Crippen MR) is 71.7 cm³/mol. The molecule has 0 saturated carbocycles. The molecule has 2 rings (SSSR count). The van der Waals surface area contributed by atoms with Crippen molar-refractivity contribution in [3.8, 4) is 0 Å². The summed E-state index contributed by atoms with van der Waals surface area (Å²) in [5.74, 6) is 1.12. The number of aryl methyl sites for hydroxylation is 1. The van der Waals surface area contributed by atoms with Gasteiger partial charge in [0.05, 0.1) is 6.54 Å². The summed E-state index contributed by atoms with van der Waals surface area (Å²) in [6.45, 7) is 4.74. The van der Waals surface area contributed by atoms with E-state index in [9.17, 15) is 4.79 Å². The lowest BCUT2D eigenvalue weighted by atomic mass is 10.3. The number of aromatic nitrogens is 3. The molecule has 2 heterocycles. The molecular weight excluding hydrogens is 244 g/mol. The number of nitrogens with zero attached hydrogens (tertiary/aromatic N) is 5. The monoisotopic (exact) mass is 266 g/mol. The molecule has 1 fully saturated rings. The van der Waals surface area contributed by atoms with Gasteiger partial charge in [0, 0.05) is 46.2 Å². The Kier molecular flexibility index (Phi) is 4.86. The second-order valence-electron chi connectivity index (χ2n) is 4.97. The molecule has 0 atom stereocenters. The Balaban J connectivity index is 1.63. The molecule has 0 bridgehead atoms. The van der Waals surface area contributed by atoms with Crippen molar-refractivity contribution in [2.45, 2.75) is 6.42 Å². The number of hydrogen-bond acceptors (Lipinski definition) is 5. The number of nitrogens with one attached hydrogen (secondary N) is 1. The Morgan fingerprint density at radius 1 is 1.32 bits per heavy atom. The van der Waals surface area contributed by atoms with Gasteiger partial charge in [0.25, 0.3) is 0 Å². The van der Waals surface area contributed by atoms with Crippen molar-refractivity contribution in [1.29, 1.82) is 0 Å². The third-order valence-corrected chi connectivity index (χ3v) is 3.46. The van der Waals surface area contributed by atoms with Crippen LogP contribution in [0.2, 0.25) is 0 Å². The zero-order valence-corrected chi connectivity index (χ0v) is 11.7. The Bertz CT molecular complexity index is 410. The lowest BCUT2D eigenvalue weighted by molar-refractivity contribution is -0.131. The van der Waals surface area contributed by atoms with E-state index in [-0.39, 0.29) is 5.91 Å². The summed E-state index contributed by atoms with van der Waals surface area (Å²) >= 11 is 0. The van der Waals surface area contributed by atoms with Crippen LogP contribution in [0.1, 0.15) is 5.82 Å². The molecule has 7 nitrogen and oxygen atoms in total. The van der Waals surface area contributed by atoms with Gasteiger partial charge in [0.2, 0.25) is 5.91 Å². The molecule has 0 aromatic carbocycles. The van der Waals surface area contributed by atoms with Gasteiger partial charge >= 0.3 is 0 Å². The third-order valence-electron chi connectivity index (χ3n) is 3.46. The lowest BCUT2D eigenvalue weighted by Crippen LogP contribution is -2.49. The van der Waals surface area contributed by atoms with Crippen molar-refractivity contribution in [3.05, 3.63) is 12.2 Å². The zero-order chi connectivity index (χ0) is 13.7. The first-order valence-corrected chi connectivity index (χ1v) is 6.66. The second-order valence-corrected chi connectivity index (χ2v) is 4.97. The van der Waals surface area contributed by atoms with Gasteiger partial charge in [-0.3, -0.25) is 4.79 Å². The van der Waals surface area contributed by atoms with Crippen molar-refractivity contribution >= 4 is 5.91 Å². The zero-order valence-electron chi connectivity index (χ0n) is 11.7. The molecule has 1 aromatic rings. The van der Waals surface area contributed by atoms with E-state index in [0.29, 0.717) is 6.54 Å². The Labute approximate surface area is 113 Å². The minimum atomic E-state index is 0.186. The molecule has 0 unspecified atom stereocenters. The molecule has 0 radical (unpaired) electrons. The fraction of sp³-hybridized carbons (Fsp3) is 0.750. The lowest BCUT2D eigenvalue weighted by Gasteiger charge is -2.32. The summed E-state index contributed by atoms with van der Waals surface area (Å²) in [5, 5.41) is 11.0. The molecular formula is C12H22N6O. The summed E-state index contributed by atoms with van der Waals surface area (Å²) in [6, 6.07) is 0. The van der Waals surface area contributed by atoms with Crippen molar-refractivity contribution in [1.82, 2.24) is 29.9 Å². The summed E-state index contributed by atoms with van der Waals surface area (Å²) < 4.78 is 1.89. The Morgan fingerprint density at radius 3 is 2.68 bits per heavy atom. The van der Waals surface area contributed by atoms with E-state index in [1.54, 1.807) is 6.33 Å². The van der Waals surface area contributed by atoms with E-state index in [4.69, 9.17) is 0 Å². The van der Waals surface area contributed by atoms with Crippen molar-refractivity contribution < 1.29 is 4.79 Å². The minimum absolute atomic E-state index is 0.186. The fourth-order valence-electron chi connectivity index (χ4n) is 2.10. The molecule has 7 heteroatoms. The maximum absolute atomic E-state index is 11.9. The highest BCUT2D eigenvalue weighted by Gasteiger charge is 2.18. The summed E-state index contributed by atoms with van der Waals surface area (Å²) in [7, 11) is 4.01. The van der Waals surface area contributed by atoms with Crippen LogP contribution in [-0.2, 0) is 18.3 Å². The van der Waals surface area contributed by atoms with Gasteiger partial charge in [-0.15, -0.1) is 10.2 Å². The Morgan fingerprint density at radius 2 is 2.05 bits per heavy atom. The third kappa shape index (κ3) is 4.00. The SMILES string of the molecule is CN1CCN(C(=O)CNCCc2nncn2C)CC1. The highest BCUT2D eigenvalue weighted by Crippen LogP contribution is 1.99.